The van der Waals surface area contributed by atoms with Crippen LogP contribution in [-0.4, -0.2) is 34.7 Å². The summed E-state index contributed by atoms with van der Waals surface area (Å²) in [6.45, 7) is 1.22. The van der Waals surface area contributed by atoms with Crippen molar-refractivity contribution >= 4 is 17.6 Å². The van der Waals surface area contributed by atoms with Crippen molar-refractivity contribution in [1.29, 1.82) is 0 Å². The van der Waals surface area contributed by atoms with Crippen molar-refractivity contribution in [2.75, 3.05) is 11.4 Å². The third-order valence-corrected chi connectivity index (χ3v) is 2.92. The van der Waals surface area contributed by atoms with Gasteiger partial charge in [0.25, 0.3) is 0 Å². The molecule has 1 rings (SSSR count). The molecule has 1 unspecified atom stereocenters. The molecule has 116 valence electrons. The quantitative estimate of drug-likeness (QED) is 0.844. The Morgan fingerprint density at radius 3 is 2.10 bits per heavy atom. The number of carboxylic acids is 2. The molecule has 0 fully saturated rings. The van der Waals surface area contributed by atoms with Crippen LogP contribution in [0, 0.1) is 0 Å². The molecule has 0 amide bonds. The van der Waals surface area contributed by atoms with E-state index in [2.05, 4.69) is 0 Å². The first-order valence-electron chi connectivity index (χ1n) is 6.01. The van der Waals surface area contributed by atoms with E-state index >= 15 is 0 Å². The Kier molecular flexibility index (Phi) is 5.17. The first-order chi connectivity index (χ1) is 9.62. The highest BCUT2D eigenvalue weighted by Crippen LogP contribution is 2.30. The lowest BCUT2D eigenvalue weighted by Crippen LogP contribution is -2.40. The number of nitrogens with zero attached hydrogens (tertiary/aromatic N) is 1. The molecule has 0 aliphatic carbocycles. The average molecular weight is 305 g/mol. The van der Waals surface area contributed by atoms with Crippen LogP contribution in [0.25, 0.3) is 0 Å². The summed E-state index contributed by atoms with van der Waals surface area (Å²) in [5.74, 6) is -2.32. The second-order valence-electron chi connectivity index (χ2n) is 4.40. The normalized spacial score (nSPS) is 12.8. The molecule has 0 spiro atoms. The van der Waals surface area contributed by atoms with Crippen molar-refractivity contribution < 1.29 is 33.0 Å². The summed E-state index contributed by atoms with van der Waals surface area (Å²) in [4.78, 5) is 22.8. The molecule has 1 aromatic carbocycles. The first-order valence-corrected chi connectivity index (χ1v) is 6.01. The van der Waals surface area contributed by atoms with Gasteiger partial charge in [0.05, 0.1) is 12.0 Å². The summed E-state index contributed by atoms with van der Waals surface area (Å²) in [6, 6.07) is 2.87. The van der Waals surface area contributed by atoms with Crippen molar-refractivity contribution in [1.82, 2.24) is 0 Å². The van der Waals surface area contributed by atoms with Gasteiger partial charge in [0.15, 0.2) is 0 Å². The maximum Gasteiger partial charge on any atom is 0.416 e. The van der Waals surface area contributed by atoms with E-state index in [1.165, 1.54) is 11.8 Å². The van der Waals surface area contributed by atoms with Gasteiger partial charge in [-0.15, -0.1) is 0 Å². The third kappa shape index (κ3) is 4.66. The zero-order valence-electron chi connectivity index (χ0n) is 11.1. The van der Waals surface area contributed by atoms with Gasteiger partial charge < -0.3 is 15.1 Å². The van der Waals surface area contributed by atoms with E-state index in [1.54, 1.807) is 0 Å². The minimum atomic E-state index is -4.48. The molecule has 0 saturated heterocycles. The van der Waals surface area contributed by atoms with Crippen molar-refractivity contribution in [3.8, 4) is 0 Å². The smallest absolute Gasteiger partial charge is 0.416 e. The molecule has 8 heteroatoms. The van der Waals surface area contributed by atoms with Gasteiger partial charge in [0.1, 0.15) is 6.04 Å². The van der Waals surface area contributed by atoms with Gasteiger partial charge in [-0.3, -0.25) is 4.79 Å². The minimum absolute atomic E-state index is 0.117. The molecule has 0 aliphatic heterocycles. The fraction of sp³-hybridized carbons (Fsp3) is 0.385. The lowest BCUT2D eigenvalue weighted by atomic mass is 10.1. The maximum atomic E-state index is 12.5. The monoisotopic (exact) mass is 305 g/mol. The van der Waals surface area contributed by atoms with E-state index in [4.69, 9.17) is 10.2 Å². The molecule has 21 heavy (non-hydrogen) atoms. The van der Waals surface area contributed by atoms with E-state index in [1.807, 2.05) is 0 Å². The van der Waals surface area contributed by atoms with E-state index in [-0.39, 0.29) is 18.7 Å². The van der Waals surface area contributed by atoms with Crippen LogP contribution in [0.4, 0.5) is 18.9 Å². The second-order valence-corrected chi connectivity index (χ2v) is 4.40. The summed E-state index contributed by atoms with van der Waals surface area (Å²) in [5, 5.41) is 17.7. The SMILES string of the molecule is CC(C(=O)O)N(CCC(=O)O)c1ccc(C(F)(F)F)cc1. The number of carbonyl (C=O) groups is 2. The van der Waals surface area contributed by atoms with Crippen LogP contribution in [-0.2, 0) is 15.8 Å². The van der Waals surface area contributed by atoms with Crippen LogP contribution in [0.15, 0.2) is 24.3 Å². The molecule has 2 N–H and O–H groups in total. The molecule has 0 radical (unpaired) electrons. The van der Waals surface area contributed by atoms with Gasteiger partial charge in [0, 0.05) is 12.2 Å². The number of alkyl halides is 3. The van der Waals surface area contributed by atoms with Crippen LogP contribution in [0.3, 0.4) is 0 Å². The van der Waals surface area contributed by atoms with Gasteiger partial charge in [0.2, 0.25) is 0 Å². The highest BCUT2D eigenvalue weighted by atomic mass is 19.4. The van der Waals surface area contributed by atoms with Gasteiger partial charge in [-0.05, 0) is 31.2 Å². The fourth-order valence-electron chi connectivity index (χ4n) is 1.74. The van der Waals surface area contributed by atoms with Crippen molar-refractivity contribution in [2.45, 2.75) is 25.6 Å². The Hall–Kier alpha value is -2.25. The lowest BCUT2D eigenvalue weighted by Gasteiger charge is -2.28. The predicted molar refractivity (Wildman–Crippen MR) is 68.1 cm³/mol. The van der Waals surface area contributed by atoms with Crippen molar-refractivity contribution in [2.24, 2.45) is 0 Å². The molecule has 5 nitrogen and oxygen atoms in total. The first kappa shape index (κ1) is 16.8. The molecular weight excluding hydrogens is 291 g/mol. The molecule has 1 aromatic rings. The van der Waals surface area contributed by atoms with Gasteiger partial charge in [-0.25, -0.2) is 4.79 Å². The number of anilines is 1. The largest absolute Gasteiger partial charge is 0.481 e. The molecular formula is C13H14F3NO4. The van der Waals surface area contributed by atoms with Crippen LogP contribution < -0.4 is 4.90 Å². The second kappa shape index (κ2) is 6.47. The van der Waals surface area contributed by atoms with E-state index in [0.717, 1.165) is 24.3 Å². The summed E-state index contributed by atoms with van der Waals surface area (Å²) in [7, 11) is 0. The summed E-state index contributed by atoms with van der Waals surface area (Å²) in [6.07, 6.45) is -4.80. The molecule has 1 atom stereocenters. The number of benzene rings is 1. The maximum absolute atomic E-state index is 12.5. The Bertz CT molecular complexity index is 513. The zero-order chi connectivity index (χ0) is 16.2. The van der Waals surface area contributed by atoms with Crippen LogP contribution in [0.5, 0.6) is 0 Å². The van der Waals surface area contributed by atoms with Crippen LogP contribution in [0.1, 0.15) is 18.9 Å². The summed E-state index contributed by atoms with van der Waals surface area (Å²) < 4.78 is 37.4. The number of halogens is 3. The van der Waals surface area contributed by atoms with E-state index in [0.29, 0.717) is 0 Å². The van der Waals surface area contributed by atoms with Crippen LogP contribution in [0.2, 0.25) is 0 Å². The highest BCUT2D eigenvalue weighted by Gasteiger charge is 2.30. The Labute approximate surface area is 118 Å². The van der Waals surface area contributed by atoms with E-state index in [9.17, 15) is 22.8 Å². The van der Waals surface area contributed by atoms with Crippen molar-refractivity contribution in [3.05, 3.63) is 29.8 Å². The van der Waals surface area contributed by atoms with Crippen LogP contribution >= 0.6 is 0 Å². The average Bonchev–Trinajstić information content (AvgIpc) is 2.37. The fourth-order valence-corrected chi connectivity index (χ4v) is 1.74. The third-order valence-electron chi connectivity index (χ3n) is 2.92. The Balaban J connectivity index is 3.02. The van der Waals surface area contributed by atoms with Gasteiger partial charge in [-0.1, -0.05) is 0 Å². The number of hydrogen-bond acceptors (Lipinski definition) is 3. The highest BCUT2D eigenvalue weighted by molar-refractivity contribution is 5.78. The number of rotatable bonds is 6. The zero-order valence-corrected chi connectivity index (χ0v) is 11.1. The molecule has 0 bridgehead atoms. The number of hydrogen-bond donors (Lipinski definition) is 2. The topological polar surface area (TPSA) is 77.8 Å². The lowest BCUT2D eigenvalue weighted by molar-refractivity contribution is -0.139. The molecule has 0 heterocycles. The Morgan fingerprint density at radius 2 is 1.71 bits per heavy atom. The summed E-state index contributed by atoms with van der Waals surface area (Å²) in [5.41, 5.74) is -0.633. The number of aliphatic carboxylic acids is 2. The summed E-state index contributed by atoms with van der Waals surface area (Å²) >= 11 is 0. The number of carboxylic acid groups (broad SMARTS) is 2. The van der Waals surface area contributed by atoms with Gasteiger partial charge in [-0.2, -0.15) is 13.2 Å². The standard InChI is InChI=1S/C13H14F3NO4/c1-8(12(20)21)17(7-6-11(18)19)10-4-2-9(3-5-10)13(14,15)16/h2-5,8H,6-7H2,1H3,(H,18,19)(H,20,21). The minimum Gasteiger partial charge on any atom is -0.481 e. The Morgan fingerprint density at radius 1 is 1.19 bits per heavy atom. The molecule has 0 aromatic heterocycles. The van der Waals surface area contributed by atoms with E-state index < -0.39 is 29.7 Å². The van der Waals surface area contributed by atoms with Crippen molar-refractivity contribution in [3.63, 3.8) is 0 Å². The molecule has 0 aliphatic rings. The predicted octanol–water partition coefficient (Wildman–Crippen LogP) is 2.46. The van der Waals surface area contributed by atoms with Gasteiger partial charge >= 0.3 is 18.1 Å². The molecule has 0 saturated carbocycles.